The minimum Gasteiger partial charge on any atom is -0.446 e. The highest BCUT2D eigenvalue weighted by Crippen LogP contribution is 2.56. The van der Waals surface area contributed by atoms with Crippen LogP contribution < -0.4 is 5.32 Å². The van der Waals surface area contributed by atoms with E-state index in [1.807, 2.05) is 20.8 Å². The zero-order chi connectivity index (χ0) is 24.3. The molecule has 8 heteroatoms. The molecule has 8 nitrogen and oxygen atoms in total. The summed E-state index contributed by atoms with van der Waals surface area (Å²) >= 11 is 0. The largest absolute Gasteiger partial charge is 0.446 e. The van der Waals surface area contributed by atoms with Gasteiger partial charge in [0.2, 0.25) is 0 Å². The van der Waals surface area contributed by atoms with Crippen LogP contribution in [0.4, 0.5) is 10.6 Å². The van der Waals surface area contributed by atoms with Gasteiger partial charge in [-0.05, 0) is 89.2 Å². The van der Waals surface area contributed by atoms with E-state index in [0.717, 1.165) is 38.5 Å². The van der Waals surface area contributed by atoms with Crippen LogP contribution in [-0.4, -0.2) is 75.3 Å². The monoisotopic (exact) mass is 470 g/mol. The number of nitrogens with one attached hydrogen (secondary N) is 1. The summed E-state index contributed by atoms with van der Waals surface area (Å²) in [4.78, 5) is 34.0. The lowest BCUT2D eigenvalue weighted by Gasteiger charge is -2.57. The fraction of sp³-hybridized carbons (Fsp3) is 0.731. The van der Waals surface area contributed by atoms with Gasteiger partial charge in [0.05, 0.1) is 11.2 Å². The smallest absolute Gasteiger partial charge is 0.410 e. The molecule has 4 aliphatic carbocycles. The first kappa shape index (κ1) is 23.4. The van der Waals surface area contributed by atoms with Gasteiger partial charge in [-0.25, -0.2) is 9.78 Å². The van der Waals surface area contributed by atoms with Crippen molar-refractivity contribution >= 4 is 17.8 Å². The molecule has 2 N–H and O–H groups in total. The van der Waals surface area contributed by atoms with E-state index in [1.165, 1.54) is 0 Å². The van der Waals surface area contributed by atoms with Crippen molar-refractivity contribution in [3.05, 3.63) is 23.9 Å². The molecule has 0 radical (unpaired) electrons. The average Bonchev–Trinajstić information content (AvgIpc) is 3.22. The van der Waals surface area contributed by atoms with Crippen LogP contribution in [-0.2, 0) is 4.74 Å². The number of hydrogen-bond acceptors (Lipinski definition) is 6. The average molecular weight is 471 g/mol. The first-order chi connectivity index (χ1) is 16.0. The van der Waals surface area contributed by atoms with Crippen LogP contribution in [0, 0.1) is 17.8 Å². The van der Waals surface area contributed by atoms with Gasteiger partial charge in [0, 0.05) is 37.9 Å². The summed E-state index contributed by atoms with van der Waals surface area (Å²) in [5.41, 5.74) is -0.292. The van der Waals surface area contributed by atoms with Gasteiger partial charge in [0.15, 0.2) is 0 Å². The summed E-state index contributed by atoms with van der Waals surface area (Å²) in [5, 5.41) is 14.2. The van der Waals surface area contributed by atoms with Gasteiger partial charge in [-0.15, -0.1) is 0 Å². The number of carbonyl (C=O) groups excluding carboxylic acids is 2. The number of pyridine rings is 1. The Morgan fingerprint density at radius 1 is 1.24 bits per heavy atom. The number of hydrogen-bond donors (Lipinski definition) is 2. The Morgan fingerprint density at radius 2 is 1.94 bits per heavy atom. The van der Waals surface area contributed by atoms with Crippen LogP contribution in [0.1, 0.15) is 69.7 Å². The first-order valence-corrected chi connectivity index (χ1v) is 12.7. The fourth-order valence-electron chi connectivity index (χ4n) is 6.73. The predicted molar refractivity (Wildman–Crippen MR) is 128 cm³/mol. The van der Waals surface area contributed by atoms with E-state index < -0.39 is 5.60 Å². The summed E-state index contributed by atoms with van der Waals surface area (Å²) in [6.45, 7) is 7.13. The molecular weight excluding hydrogens is 432 g/mol. The lowest BCUT2D eigenvalue weighted by atomic mass is 9.53. The second-order valence-electron chi connectivity index (χ2n) is 12.1. The Kier molecular flexibility index (Phi) is 5.78. The summed E-state index contributed by atoms with van der Waals surface area (Å²) in [5.74, 6) is 1.64. The molecule has 3 unspecified atom stereocenters. The van der Waals surface area contributed by atoms with E-state index in [9.17, 15) is 14.7 Å². The van der Waals surface area contributed by atoms with Crippen LogP contribution in [0.25, 0.3) is 0 Å². The molecule has 3 atom stereocenters. The third kappa shape index (κ3) is 4.37. The van der Waals surface area contributed by atoms with Gasteiger partial charge in [-0.2, -0.15) is 0 Å². The van der Waals surface area contributed by atoms with E-state index in [0.29, 0.717) is 42.2 Å². The van der Waals surface area contributed by atoms with E-state index in [2.05, 4.69) is 10.3 Å². The van der Waals surface area contributed by atoms with Crippen molar-refractivity contribution in [1.29, 1.82) is 0 Å². The molecule has 1 aromatic rings. The van der Waals surface area contributed by atoms with Crippen molar-refractivity contribution in [2.75, 3.05) is 25.5 Å². The number of anilines is 1. The number of nitrogens with zero attached hydrogens (tertiary/aromatic N) is 3. The number of aliphatic hydroxyl groups is 1. The molecule has 34 heavy (non-hydrogen) atoms. The second kappa shape index (κ2) is 8.40. The number of aromatic nitrogens is 1. The van der Waals surface area contributed by atoms with Gasteiger partial charge in [0.1, 0.15) is 11.9 Å². The molecule has 4 saturated carbocycles. The molecule has 0 aromatic carbocycles. The fourth-order valence-corrected chi connectivity index (χ4v) is 6.73. The molecule has 6 rings (SSSR count). The second-order valence-corrected chi connectivity index (χ2v) is 12.1. The zero-order valence-corrected chi connectivity index (χ0v) is 20.8. The van der Waals surface area contributed by atoms with Crippen LogP contribution in [0.5, 0.6) is 0 Å². The zero-order valence-electron chi connectivity index (χ0n) is 20.8. The van der Waals surface area contributed by atoms with Crippen LogP contribution in [0.15, 0.2) is 18.3 Å². The maximum absolute atomic E-state index is 13.1. The number of amides is 2. The number of likely N-dealkylation sites (tertiary alicyclic amines) is 1. The molecule has 2 amide bonds. The van der Waals surface area contributed by atoms with Crippen LogP contribution in [0.2, 0.25) is 0 Å². The van der Waals surface area contributed by atoms with Gasteiger partial charge >= 0.3 is 6.09 Å². The molecule has 186 valence electrons. The van der Waals surface area contributed by atoms with E-state index in [-0.39, 0.29) is 29.7 Å². The molecule has 4 bridgehead atoms. The summed E-state index contributed by atoms with van der Waals surface area (Å²) in [7, 11) is 1.80. The minimum absolute atomic E-state index is 0.00755. The van der Waals surface area contributed by atoms with Gasteiger partial charge < -0.3 is 25.0 Å². The Bertz CT molecular complexity index is 944. The van der Waals surface area contributed by atoms with E-state index in [1.54, 1.807) is 35.2 Å². The topological polar surface area (TPSA) is 95.0 Å². The van der Waals surface area contributed by atoms with Gasteiger partial charge in [-0.3, -0.25) is 4.79 Å². The Morgan fingerprint density at radius 3 is 2.59 bits per heavy atom. The van der Waals surface area contributed by atoms with Crippen molar-refractivity contribution in [2.45, 2.75) is 82.6 Å². The van der Waals surface area contributed by atoms with Crippen molar-refractivity contribution in [1.82, 2.24) is 14.8 Å². The quantitative estimate of drug-likeness (QED) is 0.699. The number of carbonyl (C=O) groups is 2. The Balaban J connectivity index is 1.20. The Hall–Kier alpha value is -2.35. The first-order valence-electron chi connectivity index (χ1n) is 12.7. The van der Waals surface area contributed by atoms with Crippen LogP contribution in [0.3, 0.4) is 0 Å². The molecule has 0 spiro atoms. The lowest BCUT2D eigenvalue weighted by molar-refractivity contribution is -0.177. The van der Waals surface area contributed by atoms with Crippen molar-refractivity contribution in [2.24, 2.45) is 17.8 Å². The van der Waals surface area contributed by atoms with Gasteiger partial charge in [0.25, 0.3) is 5.91 Å². The third-order valence-corrected chi connectivity index (χ3v) is 8.53. The SMILES string of the molecule is CN(C(=O)c1cccnc1NC1CCN(C(=O)OC2C3CC4CC2CC(O)(C4)C3)C1)C(C)(C)C. The van der Waals surface area contributed by atoms with Gasteiger partial charge in [-0.1, -0.05) is 0 Å². The molecule has 1 aliphatic heterocycles. The highest BCUT2D eigenvalue weighted by molar-refractivity contribution is 5.99. The summed E-state index contributed by atoms with van der Waals surface area (Å²) in [6, 6.07) is 3.57. The highest BCUT2D eigenvalue weighted by Gasteiger charge is 2.56. The van der Waals surface area contributed by atoms with E-state index in [4.69, 9.17) is 4.74 Å². The predicted octanol–water partition coefficient (Wildman–Crippen LogP) is 3.51. The number of rotatable bonds is 4. The van der Waals surface area contributed by atoms with Crippen molar-refractivity contribution in [3.63, 3.8) is 0 Å². The summed E-state index contributed by atoms with van der Waals surface area (Å²) < 4.78 is 6.06. The maximum atomic E-state index is 13.1. The Labute approximate surface area is 202 Å². The minimum atomic E-state index is -0.527. The molecule has 1 saturated heterocycles. The summed E-state index contributed by atoms with van der Waals surface area (Å²) in [6.07, 6.45) is 6.72. The van der Waals surface area contributed by atoms with Crippen molar-refractivity contribution in [3.8, 4) is 0 Å². The standard InChI is InChI=1S/C26H38N4O4/c1-25(2,3)29(4)23(31)20-6-5-8-27-22(20)28-19-7-9-30(15-19)24(32)34-21-17-10-16-11-18(21)14-26(33,12-16)13-17/h5-6,8,16-19,21,33H,7,9-15H2,1-4H3,(H,27,28). The molecular formula is C26H38N4O4. The molecule has 1 aromatic heterocycles. The molecule has 5 fully saturated rings. The lowest BCUT2D eigenvalue weighted by Crippen LogP contribution is -2.58. The van der Waals surface area contributed by atoms with Crippen molar-refractivity contribution < 1.29 is 19.4 Å². The highest BCUT2D eigenvalue weighted by atomic mass is 16.6. The molecule has 2 heterocycles. The normalized spacial score (nSPS) is 34.3. The molecule has 5 aliphatic rings. The number of ether oxygens (including phenoxy) is 1. The third-order valence-electron chi connectivity index (χ3n) is 8.53. The maximum Gasteiger partial charge on any atom is 0.410 e. The van der Waals surface area contributed by atoms with E-state index >= 15 is 0 Å². The van der Waals surface area contributed by atoms with Crippen LogP contribution >= 0.6 is 0 Å².